The first-order valence-corrected chi connectivity index (χ1v) is 5.93. The van der Waals surface area contributed by atoms with Crippen LogP contribution in [-0.2, 0) is 6.61 Å². The number of aliphatic hydroxyl groups is 3. The van der Waals surface area contributed by atoms with E-state index in [1.54, 1.807) is 24.3 Å². The lowest BCUT2D eigenvalue weighted by Gasteiger charge is -2.17. The minimum Gasteiger partial charge on any atom is -0.392 e. The average molecular weight is 275 g/mol. The van der Waals surface area contributed by atoms with Crippen LogP contribution in [0.15, 0.2) is 24.3 Å². The Morgan fingerprint density at radius 2 is 1.73 bits per heavy atom. The van der Waals surface area contributed by atoms with E-state index in [1.807, 2.05) is 0 Å². The van der Waals surface area contributed by atoms with Crippen LogP contribution in [0.3, 0.4) is 0 Å². The van der Waals surface area contributed by atoms with Crippen LogP contribution in [0.4, 0.5) is 0 Å². The molecule has 0 saturated carbocycles. The van der Waals surface area contributed by atoms with Crippen molar-refractivity contribution in [3.8, 4) is 0 Å². The van der Waals surface area contributed by atoms with E-state index < -0.39 is 12.2 Å². The lowest BCUT2D eigenvalue weighted by atomic mass is 10.0. The first kappa shape index (κ1) is 12.6. The van der Waals surface area contributed by atoms with Gasteiger partial charge in [0.2, 0.25) is 0 Å². The van der Waals surface area contributed by atoms with E-state index in [2.05, 4.69) is 15.9 Å². The maximum atomic E-state index is 9.75. The van der Waals surface area contributed by atoms with E-state index in [4.69, 9.17) is 5.11 Å². The lowest BCUT2D eigenvalue weighted by Crippen LogP contribution is -2.18. The van der Waals surface area contributed by atoms with Crippen LogP contribution in [0.2, 0.25) is 0 Å². The summed E-state index contributed by atoms with van der Waals surface area (Å²) in [6, 6.07) is 6.90. The molecule has 84 valence electrons. The molecule has 2 unspecified atom stereocenters. The minimum absolute atomic E-state index is 0.0136. The molecular formula is C11H15BrO3. The molecular weight excluding hydrogens is 260 g/mol. The molecule has 0 aromatic heterocycles. The van der Waals surface area contributed by atoms with Crippen molar-refractivity contribution in [2.75, 3.05) is 5.33 Å². The molecule has 0 amide bonds. The second-order valence-electron chi connectivity index (χ2n) is 3.39. The van der Waals surface area contributed by atoms with Gasteiger partial charge in [-0.1, -0.05) is 40.2 Å². The molecule has 0 saturated heterocycles. The molecule has 0 aliphatic heterocycles. The third-order valence-electron chi connectivity index (χ3n) is 2.27. The zero-order chi connectivity index (χ0) is 11.3. The third-order valence-corrected chi connectivity index (χ3v) is 2.73. The number of rotatable bonds is 5. The van der Waals surface area contributed by atoms with E-state index in [0.717, 1.165) is 5.56 Å². The lowest BCUT2D eigenvalue weighted by molar-refractivity contribution is 0.0173. The quantitative estimate of drug-likeness (QED) is 0.711. The van der Waals surface area contributed by atoms with Crippen molar-refractivity contribution >= 4 is 15.9 Å². The Morgan fingerprint density at radius 3 is 2.20 bits per heavy atom. The molecule has 0 fully saturated rings. The molecule has 0 radical (unpaired) electrons. The monoisotopic (exact) mass is 274 g/mol. The number of alkyl halides is 1. The Hall–Kier alpha value is -0.420. The summed E-state index contributed by atoms with van der Waals surface area (Å²) in [6.07, 6.45) is -1.12. The Morgan fingerprint density at radius 1 is 1.13 bits per heavy atom. The molecule has 0 bridgehead atoms. The van der Waals surface area contributed by atoms with Gasteiger partial charge in [-0.05, 0) is 17.5 Å². The van der Waals surface area contributed by atoms with Gasteiger partial charge < -0.3 is 15.3 Å². The van der Waals surface area contributed by atoms with E-state index in [9.17, 15) is 10.2 Å². The van der Waals surface area contributed by atoms with Gasteiger partial charge in [-0.25, -0.2) is 0 Å². The largest absolute Gasteiger partial charge is 0.392 e. The van der Waals surface area contributed by atoms with E-state index >= 15 is 0 Å². The van der Waals surface area contributed by atoms with Gasteiger partial charge in [-0.3, -0.25) is 0 Å². The van der Waals surface area contributed by atoms with E-state index in [-0.39, 0.29) is 6.61 Å². The highest BCUT2D eigenvalue weighted by molar-refractivity contribution is 9.09. The van der Waals surface area contributed by atoms with Gasteiger partial charge in [0.1, 0.15) is 6.10 Å². The number of hydrogen-bond donors (Lipinski definition) is 3. The third kappa shape index (κ3) is 3.57. The van der Waals surface area contributed by atoms with Gasteiger partial charge >= 0.3 is 0 Å². The van der Waals surface area contributed by atoms with Crippen LogP contribution in [-0.4, -0.2) is 26.8 Å². The van der Waals surface area contributed by atoms with Crippen molar-refractivity contribution in [1.82, 2.24) is 0 Å². The summed E-state index contributed by atoms with van der Waals surface area (Å²) in [5, 5.41) is 28.8. The topological polar surface area (TPSA) is 60.7 Å². The highest BCUT2D eigenvalue weighted by atomic mass is 79.9. The number of halogens is 1. The van der Waals surface area contributed by atoms with Gasteiger partial charge in [0.15, 0.2) is 0 Å². The fourth-order valence-electron chi connectivity index (χ4n) is 1.31. The number of hydrogen-bond acceptors (Lipinski definition) is 3. The average Bonchev–Trinajstić information content (AvgIpc) is 2.28. The summed E-state index contributed by atoms with van der Waals surface area (Å²) in [5.41, 5.74) is 1.46. The Labute approximate surface area is 97.5 Å². The van der Waals surface area contributed by atoms with Crippen LogP contribution in [0, 0.1) is 0 Å². The molecule has 1 aromatic rings. The zero-order valence-electron chi connectivity index (χ0n) is 8.31. The predicted molar refractivity (Wildman–Crippen MR) is 61.7 cm³/mol. The van der Waals surface area contributed by atoms with Crippen molar-refractivity contribution in [3.05, 3.63) is 35.4 Å². The highest BCUT2D eigenvalue weighted by Crippen LogP contribution is 2.19. The summed E-state index contributed by atoms with van der Waals surface area (Å²) in [5.74, 6) is 0. The normalized spacial score (nSPS) is 14.9. The molecule has 0 aliphatic carbocycles. The van der Waals surface area contributed by atoms with Gasteiger partial charge in [0.05, 0.1) is 12.7 Å². The SMILES string of the molecule is OCc1ccc(C(O)C(O)CCBr)cc1. The van der Waals surface area contributed by atoms with Gasteiger partial charge in [0.25, 0.3) is 0 Å². The van der Waals surface area contributed by atoms with Gasteiger partial charge in [-0.15, -0.1) is 0 Å². The summed E-state index contributed by atoms with van der Waals surface area (Å²) >= 11 is 3.21. The molecule has 15 heavy (non-hydrogen) atoms. The van der Waals surface area contributed by atoms with Crippen LogP contribution < -0.4 is 0 Å². The van der Waals surface area contributed by atoms with E-state index in [1.165, 1.54) is 0 Å². The second-order valence-corrected chi connectivity index (χ2v) is 4.18. The summed E-state index contributed by atoms with van der Waals surface area (Å²) < 4.78 is 0. The highest BCUT2D eigenvalue weighted by Gasteiger charge is 2.17. The maximum absolute atomic E-state index is 9.75. The van der Waals surface area contributed by atoms with Gasteiger partial charge in [-0.2, -0.15) is 0 Å². The van der Waals surface area contributed by atoms with Crippen LogP contribution in [0.1, 0.15) is 23.7 Å². The second kappa shape index (κ2) is 6.23. The summed E-state index contributed by atoms with van der Waals surface area (Å²) in [6.45, 7) is -0.0136. The van der Waals surface area contributed by atoms with Crippen molar-refractivity contribution in [3.63, 3.8) is 0 Å². The fraction of sp³-hybridized carbons (Fsp3) is 0.455. The molecule has 2 atom stereocenters. The molecule has 1 aromatic carbocycles. The van der Waals surface area contributed by atoms with Crippen molar-refractivity contribution in [2.45, 2.75) is 25.2 Å². The maximum Gasteiger partial charge on any atom is 0.105 e. The minimum atomic E-state index is -0.865. The van der Waals surface area contributed by atoms with Crippen LogP contribution in [0.25, 0.3) is 0 Å². The Kier molecular flexibility index (Phi) is 5.25. The van der Waals surface area contributed by atoms with Gasteiger partial charge in [0, 0.05) is 5.33 Å². The molecule has 3 N–H and O–H groups in total. The number of aliphatic hydroxyl groups excluding tert-OH is 3. The molecule has 0 aliphatic rings. The van der Waals surface area contributed by atoms with Crippen molar-refractivity contribution in [2.24, 2.45) is 0 Å². The molecule has 1 rings (SSSR count). The van der Waals surface area contributed by atoms with Crippen molar-refractivity contribution < 1.29 is 15.3 Å². The van der Waals surface area contributed by atoms with Crippen LogP contribution >= 0.6 is 15.9 Å². The number of benzene rings is 1. The fourth-order valence-corrected chi connectivity index (χ4v) is 1.78. The summed E-state index contributed by atoms with van der Waals surface area (Å²) in [4.78, 5) is 0. The smallest absolute Gasteiger partial charge is 0.105 e. The Balaban J connectivity index is 2.69. The molecule has 4 heteroatoms. The predicted octanol–water partition coefficient (Wildman–Crippen LogP) is 1.36. The molecule has 0 heterocycles. The van der Waals surface area contributed by atoms with Crippen molar-refractivity contribution in [1.29, 1.82) is 0 Å². The molecule has 0 spiro atoms. The first-order valence-electron chi connectivity index (χ1n) is 4.81. The first-order chi connectivity index (χ1) is 7.19. The van der Waals surface area contributed by atoms with E-state index in [0.29, 0.717) is 17.3 Å². The molecule has 3 nitrogen and oxygen atoms in total. The Bertz CT molecular complexity index is 286. The zero-order valence-corrected chi connectivity index (χ0v) is 9.89. The summed E-state index contributed by atoms with van der Waals surface area (Å²) in [7, 11) is 0. The standard InChI is InChI=1S/C11H15BrO3/c12-6-5-10(14)11(15)9-3-1-8(7-13)2-4-9/h1-4,10-11,13-15H,5-7H2. The van der Waals surface area contributed by atoms with Crippen LogP contribution in [0.5, 0.6) is 0 Å².